The number of nitrogen functional groups attached to an aromatic ring is 1. The number of anilines is 1. The molecule has 1 saturated carbocycles. The number of nitrogens with one attached hydrogen (secondary N) is 1. The highest BCUT2D eigenvalue weighted by Gasteiger charge is 2.34. The zero-order valence-electron chi connectivity index (χ0n) is 23.5. The largest absolute Gasteiger partial charge is 0.443 e. The van der Waals surface area contributed by atoms with Crippen molar-refractivity contribution in [1.29, 1.82) is 0 Å². The summed E-state index contributed by atoms with van der Waals surface area (Å²) in [4.78, 5) is 38.1. The van der Waals surface area contributed by atoms with Crippen LogP contribution in [0.4, 0.5) is 15.3 Å². The molecule has 6 rings (SSSR count). The van der Waals surface area contributed by atoms with E-state index in [1.165, 1.54) is 6.33 Å². The molecule has 0 spiro atoms. The van der Waals surface area contributed by atoms with Gasteiger partial charge in [0, 0.05) is 30.2 Å². The van der Waals surface area contributed by atoms with Crippen LogP contribution in [0.25, 0.3) is 27.9 Å². The van der Waals surface area contributed by atoms with Gasteiger partial charge in [-0.2, -0.15) is 0 Å². The Bertz CT molecular complexity index is 1770. The Labute approximate surface area is 241 Å². The van der Waals surface area contributed by atoms with Crippen molar-refractivity contribution in [2.24, 2.45) is 0 Å². The fourth-order valence-electron chi connectivity index (χ4n) is 5.05. The van der Waals surface area contributed by atoms with Crippen LogP contribution >= 0.6 is 0 Å². The van der Waals surface area contributed by atoms with E-state index < -0.39 is 17.8 Å². The first-order valence-corrected chi connectivity index (χ1v) is 13.6. The van der Waals surface area contributed by atoms with E-state index in [4.69, 9.17) is 19.9 Å². The van der Waals surface area contributed by atoms with Crippen LogP contribution in [0.3, 0.4) is 0 Å². The van der Waals surface area contributed by atoms with Crippen LogP contribution in [0.15, 0.2) is 67.4 Å². The first-order valence-electron chi connectivity index (χ1n) is 13.6. The Kier molecular flexibility index (Phi) is 6.99. The number of imidazole rings is 1. The van der Waals surface area contributed by atoms with Crippen molar-refractivity contribution in [3.63, 3.8) is 0 Å². The molecule has 0 radical (unpaired) electrons. The van der Waals surface area contributed by atoms with Gasteiger partial charge in [-0.25, -0.2) is 29.9 Å². The number of ether oxygens (including phenoxy) is 3. The molecule has 3 N–H and O–H groups in total. The molecular formula is C30H31N7O5. The van der Waals surface area contributed by atoms with E-state index in [1.54, 1.807) is 39.2 Å². The van der Waals surface area contributed by atoms with Gasteiger partial charge in [-0.05, 0) is 51.3 Å². The maximum atomic E-state index is 12.7. The predicted molar refractivity (Wildman–Crippen MR) is 155 cm³/mol. The number of rotatable bonds is 6. The summed E-state index contributed by atoms with van der Waals surface area (Å²) < 4.78 is 20.8. The maximum absolute atomic E-state index is 12.7. The van der Waals surface area contributed by atoms with Crippen molar-refractivity contribution in [3.05, 3.63) is 72.9 Å². The van der Waals surface area contributed by atoms with Crippen molar-refractivity contribution >= 4 is 34.6 Å². The van der Waals surface area contributed by atoms with Gasteiger partial charge in [0.1, 0.15) is 17.6 Å². The van der Waals surface area contributed by atoms with Crippen LogP contribution in [-0.2, 0) is 16.1 Å². The second-order valence-corrected chi connectivity index (χ2v) is 11.2. The molecule has 1 aliphatic carbocycles. The Morgan fingerprint density at radius 3 is 2.57 bits per heavy atom. The van der Waals surface area contributed by atoms with Gasteiger partial charge in [-0.15, -0.1) is 0 Å². The van der Waals surface area contributed by atoms with Gasteiger partial charge in [-0.3, -0.25) is 4.40 Å². The van der Waals surface area contributed by atoms with Gasteiger partial charge in [0.25, 0.3) is 0 Å². The molecular weight excluding hydrogens is 538 g/mol. The first kappa shape index (κ1) is 27.2. The second-order valence-electron chi connectivity index (χ2n) is 11.2. The quantitative estimate of drug-likeness (QED) is 0.279. The third kappa shape index (κ3) is 5.48. The van der Waals surface area contributed by atoms with E-state index in [2.05, 4.69) is 24.8 Å². The second kappa shape index (κ2) is 10.8. The van der Waals surface area contributed by atoms with Crippen molar-refractivity contribution in [2.75, 3.05) is 5.73 Å². The lowest BCUT2D eigenvalue weighted by atomic mass is 9.89. The SMILES string of the molecule is CC(C)(C)OC(=O)NC(=O)Oc1ncnc2c1c(-c1ccc(N)c3nccn13)cn2C1CC(OCc2ccccc2)C1. The minimum absolute atomic E-state index is 0.00361. The minimum Gasteiger partial charge on any atom is -0.443 e. The molecule has 0 atom stereocenters. The van der Waals surface area contributed by atoms with Gasteiger partial charge in [0.15, 0.2) is 5.65 Å². The summed E-state index contributed by atoms with van der Waals surface area (Å²) in [5, 5.41) is 2.59. The molecule has 42 heavy (non-hydrogen) atoms. The van der Waals surface area contributed by atoms with Crippen LogP contribution in [0.5, 0.6) is 5.88 Å². The average molecular weight is 570 g/mol. The Hall–Kier alpha value is -4.97. The number of hydrogen-bond donors (Lipinski definition) is 2. The summed E-state index contributed by atoms with van der Waals surface area (Å²) in [6.07, 6.45) is 6.51. The van der Waals surface area contributed by atoms with Crippen molar-refractivity contribution in [3.8, 4) is 17.1 Å². The first-order chi connectivity index (χ1) is 20.2. The third-order valence-corrected chi connectivity index (χ3v) is 7.01. The van der Waals surface area contributed by atoms with E-state index in [-0.39, 0.29) is 18.0 Å². The number of fused-ring (bicyclic) bond motifs is 2. The molecule has 0 saturated heterocycles. The number of aromatic nitrogens is 5. The van der Waals surface area contributed by atoms with Crippen LogP contribution in [-0.4, -0.2) is 47.8 Å². The number of pyridine rings is 1. The van der Waals surface area contributed by atoms with Gasteiger partial charge in [0.05, 0.1) is 29.5 Å². The molecule has 12 heteroatoms. The Morgan fingerprint density at radius 1 is 1.02 bits per heavy atom. The van der Waals surface area contributed by atoms with Gasteiger partial charge in [-0.1, -0.05) is 30.3 Å². The lowest BCUT2D eigenvalue weighted by Gasteiger charge is -2.36. The standard InChI is InChI=1S/C30H31N7O5/c1-30(2,3)42-29(39)35-28(38)41-27-24-21(23-10-9-22(31)25-32-11-12-36(23)25)15-37(26(24)33-17-34-27)19-13-20(14-19)40-16-18-7-5-4-6-8-18/h4-12,15,17,19-20H,13-14,16,31H2,1-3H3,(H,35,38,39). The van der Waals surface area contributed by atoms with Crippen molar-refractivity contribution in [2.45, 2.75) is 58.0 Å². The van der Waals surface area contributed by atoms with Crippen LogP contribution in [0.1, 0.15) is 45.2 Å². The highest BCUT2D eigenvalue weighted by Crippen LogP contribution is 2.42. The molecule has 216 valence electrons. The molecule has 4 heterocycles. The number of benzene rings is 1. The molecule has 0 unspecified atom stereocenters. The molecule has 2 amide bonds. The van der Waals surface area contributed by atoms with Gasteiger partial charge < -0.3 is 24.5 Å². The molecule has 12 nitrogen and oxygen atoms in total. The Balaban J connectivity index is 1.32. The number of amides is 2. The molecule has 1 aromatic carbocycles. The van der Waals surface area contributed by atoms with Crippen LogP contribution in [0, 0.1) is 0 Å². The van der Waals surface area contributed by atoms with E-state index in [0.29, 0.717) is 34.5 Å². The zero-order chi connectivity index (χ0) is 29.4. The lowest BCUT2D eigenvalue weighted by Crippen LogP contribution is -2.38. The molecule has 1 fully saturated rings. The minimum atomic E-state index is -1.02. The predicted octanol–water partition coefficient (Wildman–Crippen LogP) is 5.27. The number of nitrogens with zero attached hydrogens (tertiary/aromatic N) is 5. The average Bonchev–Trinajstić information content (AvgIpc) is 3.55. The van der Waals surface area contributed by atoms with Gasteiger partial charge >= 0.3 is 12.2 Å². The van der Waals surface area contributed by atoms with E-state index in [1.807, 2.05) is 47.0 Å². The zero-order valence-corrected chi connectivity index (χ0v) is 23.5. The highest BCUT2D eigenvalue weighted by molar-refractivity contribution is 5.99. The van der Waals surface area contributed by atoms with E-state index >= 15 is 0 Å². The summed E-state index contributed by atoms with van der Waals surface area (Å²) in [6, 6.07) is 13.8. The fourth-order valence-corrected chi connectivity index (χ4v) is 5.05. The van der Waals surface area contributed by atoms with Crippen LogP contribution in [0.2, 0.25) is 0 Å². The van der Waals surface area contributed by atoms with E-state index in [9.17, 15) is 9.59 Å². The molecule has 1 aliphatic rings. The topological polar surface area (TPSA) is 148 Å². The summed E-state index contributed by atoms with van der Waals surface area (Å²) in [5.74, 6) is -0.00361. The third-order valence-electron chi connectivity index (χ3n) is 7.01. The van der Waals surface area contributed by atoms with Crippen molar-refractivity contribution < 1.29 is 23.8 Å². The number of carbonyl (C=O) groups excluding carboxylic acids is 2. The van der Waals surface area contributed by atoms with Crippen molar-refractivity contribution in [1.82, 2.24) is 29.2 Å². The molecule has 0 bridgehead atoms. The number of carbonyl (C=O) groups is 2. The smallest absolute Gasteiger partial charge is 0.423 e. The fraction of sp³-hybridized carbons (Fsp3) is 0.300. The monoisotopic (exact) mass is 569 g/mol. The van der Waals surface area contributed by atoms with Gasteiger partial charge in [0.2, 0.25) is 5.88 Å². The Morgan fingerprint density at radius 2 is 1.81 bits per heavy atom. The summed E-state index contributed by atoms with van der Waals surface area (Å²) >= 11 is 0. The van der Waals surface area contributed by atoms with Crippen LogP contribution < -0.4 is 15.8 Å². The normalized spacial score (nSPS) is 16.7. The number of alkyl carbamates (subject to hydrolysis) is 1. The lowest BCUT2D eigenvalue weighted by molar-refractivity contribution is -0.0347. The number of imide groups is 1. The number of nitrogens with two attached hydrogens (primary N) is 1. The summed E-state index contributed by atoms with van der Waals surface area (Å²) in [6.45, 7) is 5.64. The molecule has 0 aliphatic heterocycles. The van der Waals surface area contributed by atoms with E-state index in [0.717, 1.165) is 24.1 Å². The summed E-state index contributed by atoms with van der Waals surface area (Å²) in [5.41, 5.74) is 9.67. The maximum Gasteiger partial charge on any atom is 0.423 e. The highest BCUT2D eigenvalue weighted by atomic mass is 16.6. The molecule has 4 aromatic heterocycles. The number of hydrogen-bond acceptors (Lipinski definition) is 9. The summed E-state index contributed by atoms with van der Waals surface area (Å²) in [7, 11) is 0. The molecule has 5 aromatic rings.